The minimum Gasteiger partial charge on any atom is -0.377 e. The van der Waals surface area contributed by atoms with Crippen LogP contribution < -0.4 is 4.90 Å². The maximum absolute atomic E-state index is 13.2. The summed E-state index contributed by atoms with van der Waals surface area (Å²) in [6, 6.07) is 7.37. The molecule has 0 amide bonds. The zero-order chi connectivity index (χ0) is 17.2. The lowest BCUT2D eigenvalue weighted by Crippen LogP contribution is -2.48. The van der Waals surface area contributed by atoms with E-state index in [1.807, 2.05) is 18.2 Å². The van der Waals surface area contributed by atoms with Crippen molar-refractivity contribution >= 4 is 16.7 Å². The monoisotopic (exact) mass is 348 g/mol. The Kier molecular flexibility index (Phi) is 4.76. The number of hydrogen-bond donors (Lipinski definition) is 0. The average molecular weight is 348 g/mol. The van der Waals surface area contributed by atoms with E-state index < -0.39 is 12.2 Å². The number of anilines is 1. The number of halogens is 2. The number of benzene rings is 1. The highest BCUT2D eigenvalue weighted by Gasteiger charge is 2.25. The van der Waals surface area contributed by atoms with Crippen molar-refractivity contribution in [2.45, 2.75) is 25.4 Å². The lowest BCUT2D eigenvalue weighted by atomic mass is 10.2. The molecule has 1 aromatic carbocycles. The van der Waals surface area contributed by atoms with Crippen LogP contribution in [0.3, 0.4) is 0 Å². The predicted molar refractivity (Wildman–Crippen MR) is 92.1 cm³/mol. The third-order valence-corrected chi connectivity index (χ3v) is 4.95. The Morgan fingerprint density at radius 2 is 1.92 bits per heavy atom. The van der Waals surface area contributed by atoms with Crippen LogP contribution in [0.1, 0.15) is 25.1 Å². The van der Waals surface area contributed by atoms with Crippen LogP contribution >= 0.6 is 0 Å². The highest BCUT2D eigenvalue weighted by molar-refractivity contribution is 5.89. The van der Waals surface area contributed by atoms with Crippen LogP contribution in [0.2, 0.25) is 0 Å². The van der Waals surface area contributed by atoms with Crippen LogP contribution in [0.4, 0.5) is 14.6 Å². The number of nitrogens with zero attached hydrogens (tertiary/aromatic N) is 4. The van der Waals surface area contributed by atoms with Crippen molar-refractivity contribution in [2.24, 2.45) is 0 Å². The topological polar surface area (TPSA) is 41.5 Å². The summed E-state index contributed by atoms with van der Waals surface area (Å²) >= 11 is 0. The number of rotatable bonds is 4. The smallest absolute Gasteiger partial charge is 0.297 e. The fourth-order valence-electron chi connectivity index (χ4n) is 3.63. The highest BCUT2D eigenvalue weighted by atomic mass is 19.3. The summed E-state index contributed by atoms with van der Waals surface area (Å²) in [5.74, 6) is 0.230. The van der Waals surface area contributed by atoms with E-state index in [4.69, 9.17) is 4.74 Å². The second kappa shape index (κ2) is 7.17. The van der Waals surface area contributed by atoms with Crippen LogP contribution in [-0.2, 0) is 4.74 Å². The summed E-state index contributed by atoms with van der Waals surface area (Å²) in [4.78, 5) is 12.7. The first-order valence-corrected chi connectivity index (χ1v) is 8.84. The molecular formula is C18H22F2N4O. The lowest BCUT2D eigenvalue weighted by molar-refractivity contribution is 0.0712. The zero-order valence-corrected chi connectivity index (χ0v) is 14.1. The van der Waals surface area contributed by atoms with Crippen molar-refractivity contribution in [1.29, 1.82) is 0 Å². The van der Waals surface area contributed by atoms with E-state index in [1.165, 1.54) is 0 Å². The molecule has 1 atom stereocenters. The minimum atomic E-state index is -2.66. The van der Waals surface area contributed by atoms with Crippen LogP contribution in [0.15, 0.2) is 24.3 Å². The molecule has 1 aromatic heterocycles. The molecule has 2 aliphatic heterocycles. The summed E-state index contributed by atoms with van der Waals surface area (Å²) < 4.78 is 32.0. The molecule has 0 spiro atoms. The van der Waals surface area contributed by atoms with E-state index in [2.05, 4.69) is 19.8 Å². The number of ether oxygens (including phenoxy) is 1. The number of alkyl halides is 2. The van der Waals surface area contributed by atoms with Gasteiger partial charge in [-0.2, -0.15) is 0 Å². The third-order valence-electron chi connectivity index (χ3n) is 4.95. The molecule has 3 heterocycles. The molecule has 0 saturated carbocycles. The molecule has 0 radical (unpaired) electrons. The molecule has 2 fully saturated rings. The summed E-state index contributed by atoms with van der Waals surface area (Å²) in [5.41, 5.74) is 0.574. The standard InChI is InChI=1S/C18H22F2N4O/c19-16(20)17-21-15-6-2-1-5-14(15)18(22-17)24-9-7-23(8-10-24)12-13-4-3-11-25-13/h1-2,5-6,13,16H,3-4,7-12H2. The van der Waals surface area contributed by atoms with Gasteiger partial charge in [0.15, 0.2) is 5.82 Å². The second-order valence-corrected chi connectivity index (χ2v) is 6.65. The van der Waals surface area contributed by atoms with E-state index in [0.29, 0.717) is 17.4 Å². The Balaban J connectivity index is 1.52. The molecule has 1 unspecified atom stereocenters. The Labute approximate surface area is 145 Å². The fourth-order valence-corrected chi connectivity index (χ4v) is 3.63. The number of fused-ring (bicyclic) bond motifs is 1. The number of aromatic nitrogens is 2. The first-order chi connectivity index (χ1) is 12.2. The van der Waals surface area contributed by atoms with Crippen LogP contribution in [0.25, 0.3) is 10.9 Å². The highest BCUT2D eigenvalue weighted by Crippen LogP contribution is 2.28. The second-order valence-electron chi connectivity index (χ2n) is 6.65. The summed E-state index contributed by atoms with van der Waals surface area (Å²) in [7, 11) is 0. The lowest BCUT2D eigenvalue weighted by Gasteiger charge is -2.36. The molecule has 4 rings (SSSR count). The molecular weight excluding hydrogens is 326 g/mol. The molecule has 25 heavy (non-hydrogen) atoms. The molecule has 2 aliphatic rings. The summed E-state index contributed by atoms with van der Waals surface area (Å²) in [6.07, 6.45) is -0.0383. The van der Waals surface area contributed by atoms with Crippen molar-refractivity contribution in [3.63, 3.8) is 0 Å². The van der Waals surface area contributed by atoms with Gasteiger partial charge in [0.05, 0.1) is 11.6 Å². The number of para-hydroxylation sites is 1. The Hall–Kier alpha value is -1.86. The first kappa shape index (κ1) is 16.6. The molecule has 0 bridgehead atoms. The fraction of sp³-hybridized carbons (Fsp3) is 0.556. The molecule has 2 saturated heterocycles. The van der Waals surface area contributed by atoms with Gasteiger partial charge in [-0.25, -0.2) is 18.7 Å². The Morgan fingerprint density at radius 3 is 2.64 bits per heavy atom. The van der Waals surface area contributed by atoms with Crippen LogP contribution in [0.5, 0.6) is 0 Å². The van der Waals surface area contributed by atoms with Crippen LogP contribution in [0, 0.1) is 0 Å². The summed E-state index contributed by atoms with van der Waals surface area (Å²) in [6.45, 7) is 5.16. The van der Waals surface area contributed by atoms with Crippen molar-refractivity contribution in [3.8, 4) is 0 Å². The van der Waals surface area contributed by atoms with Gasteiger partial charge in [-0.15, -0.1) is 0 Å². The quantitative estimate of drug-likeness (QED) is 0.850. The Bertz CT molecular complexity index is 728. The molecule has 0 N–H and O–H groups in total. The van der Waals surface area contributed by atoms with Crippen LogP contribution in [-0.4, -0.2) is 60.3 Å². The minimum absolute atomic E-state index is 0.344. The number of hydrogen-bond acceptors (Lipinski definition) is 5. The van der Waals surface area contributed by atoms with Gasteiger partial charge in [-0.3, -0.25) is 4.90 Å². The molecule has 2 aromatic rings. The largest absolute Gasteiger partial charge is 0.377 e. The van der Waals surface area contributed by atoms with Gasteiger partial charge in [0.2, 0.25) is 0 Å². The maximum Gasteiger partial charge on any atom is 0.297 e. The summed E-state index contributed by atoms with van der Waals surface area (Å²) in [5, 5.41) is 0.833. The average Bonchev–Trinajstić information content (AvgIpc) is 3.14. The maximum atomic E-state index is 13.2. The van der Waals surface area contributed by atoms with E-state index in [0.717, 1.165) is 57.6 Å². The SMILES string of the molecule is FC(F)c1nc(N2CCN(CC3CCCO3)CC2)c2ccccc2n1. The van der Waals surface area contributed by atoms with Crippen molar-refractivity contribution in [2.75, 3.05) is 44.2 Å². The van der Waals surface area contributed by atoms with E-state index in [9.17, 15) is 8.78 Å². The van der Waals surface area contributed by atoms with Gasteiger partial charge >= 0.3 is 0 Å². The van der Waals surface area contributed by atoms with E-state index >= 15 is 0 Å². The van der Waals surface area contributed by atoms with Gasteiger partial charge in [0.1, 0.15) is 5.82 Å². The van der Waals surface area contributed by atoms with E-state index in [-0.39, 0.29) is 0 Å². The van der Waals surface area contributed by atoms with Crippen molar-refractivity contribution in [3.05, 3.63) is 30.1 Å². The molecule has 5 nitrogen and oxygen atoms in total. The van der Waals surface area contributed by atoms with Gasteiger partial charge < -0.3 is 9.64 Å². The predicted octanol–water partition coefficient (Wildman–Crippen LogP) is 2.87. The van der Waals surface area contributed by atoms with Gasteiger partial charge in [-0.05, 0) is 25.0 Å². The zero-order valence-electron chi connectivity index (χ0n) is 14.1. The van der Waals surface area contributed by atoms with Gasteiger partial charge in [0, 0.05) is 44.7 Å². The van der Waals surface area contributed by atoms with Gasteiger partial charge in [-0.1, -0.05) is 12.1 Å². The van der Waals surface area contributed by atoms with Crippen molar-refractivity contribution in [1.82, 2.24) is 14.9 Å². The normalized spacial score (nSPS) is 22.2. The van der Waals surface area contributed by atoms with Gasteiger partial charge in [0.25, 0.3) is 6.43 Å². The van der Waals surface area contributed by atoms with E-state index in [1.54, 1.807) is 6.07 Å². The van der Waals surface area contributed by atoms with Crippen molar-refractivity contribution < 1.29 is 13.5 Å². The first-order valence-electron chi connectivity index (χ1n) is 8.84. The third kappa shape index (κ3) is 3.57. The molecule has 134 valence electrons. The molecule has 7 heteroatoms. The molecule has 0 aliphatic carbocycles. The number of piperazine rings is 1. The Morgan fingerprint density at radius 1 is 1.12 bits per heavy atom.